The number of ether oxygens (including phenoxy) is 1. The van der Waals surface area contributed by atoms with Gasteiger partial charge in [0.15, 0.2) is 5.11 Å². The van der Waals surface area contributed by atoms with Gasteiger partial charge in [-0.05, 0) is 92.3 Å². The van der Waals surface area contributed by atoms with E-state index in [0.717, 1.165) is 51.3 Å². The first-order valence-electron chi connectivity index (χ1n) is 14.9. The Morgan fingerprint density at radius 3 is 2.30 bits per heavy atom. The third-order valence-corrected chi connectivity index (χ3v) is 8.18. The van der Waals surface area contributed by atoms with Crippen LogP contribution in [0.25, 0.3) is 0 Å². The number of hydrogen-bond donors (Lipinski definition) is 1. The maximum absolute atomic E-state index is 13.7. The van der Waals surface area contributed by atoms with Crippen LogP contribution >= 0.6 is 12.2 Å². The number of hydrogen-bond acceptors (Lipinski definition) is 6. The maximum atomic E-state index is 13.7. The number of thiocarbonyl (C=S) groups is 1. The standard InChI is InChI=1S/C33H38FN5O3S/c1-2-23-42-29-15-11-26(12-16-29)35-31(40)24-30-32(41)39(28-13-9-25(34)10-14-28)33(43)38(30)18-6-17-36-19-21-37(22-20-36)27-7-4-3-5-8-27/h3-5,7-16,30H,2,6,17-24H2,1H3,(H,35,40)/t30-/m0/s1. The Bertz CT molecular complexity index is 1380. The molecule has 2 amide bonds. The monoisotopic (exact) mass is 603 g/mol. The summed E-state index contributed by atoms with van der Waals surface area (Å²) >= 11 is 5.77. The molecule has 2 aliphatic heterocycles. The molecule has 226 valence electrons. The van der Waals surface area contributed by atoms with E-state index in [9.17, 15) is 14.0 Å². The number of amides is 2. The van der Waals surface area contributed by atoms with Gasteiger partial charge in [-0.1, -0.05) is 25.1 Å². The summed E-state index contributed by atoms with van der Waals surface area (Å²) in [6.45, 7) is 7.87. The summed E-state index contributed by atoms with van der Waals surface area (Å²) < 4.78 is 19.3. The molecule has 0 bridgehead atoms. The zero-order valence-corrected chi connectivity index (χ0v) is 25.3. The average molecular weight is 604 g/mol. The maximum Gasteiger partial charge on any atom is 0.256 e. The van der Waals surface area contributed by atoms with Crippen LogP contribution in [0.3, 0.4) is 0 Å². The normalized spacial score (nSPS) is 17.4. The molecule has 3 aromatic carbocycles. The molecule has 3 aromatic rings. The topological polar surface area (TPSA) is 68.4 Å². The van der Waals surface area contributed by atoms with Crippen molar-refractivity contribution >= 4 is 46.2 Å². The molecular weight excluding hydrogens is 565 g/mol. The highest BCUT2D eigenvalue weighted by molar-refractivity contribution is 7.80. The predicted molar refractivity (Wildman–Crippen MR) is 172 cm³/mol. The van der Waals surface area contributed by atoms with E-state index in [1.54, 1.807) is 12.1 Å². The van der Waals surface area contributed by atoms with Crippen LogP contribution in [-0.4, -0.2) is 78.6 Å². The number of rotatable bonds is 12. The van der Waals surface area contributed by atoms with Crippen molar-refractivity contribution in [2.75, 3.05) is 61.0 Å². The van der Waals surface area contributed by atoms with Crippen molar-refractivity contribution in [1.82, 2.24) is 9.80 Å². The molecule has 10 heteroatoms. The van der Waals surface area contributed by atoms with Crippen LogP contribution in [0.15, 0.2) is 78.9 Å². The fraction of sp³-hybridized carbons (Fsp3) is 0.364. The molecule has 5 rings (SSSR count). The van der Waals surface area contributed by atoms with Crippen molar-refractivity contribution in [2.24, 2.45) is 0 Å². The van der Waals surface area contributed by atoms with Gasteiger partial charge >= 0.3 is 0 Å². The molecule has 2 heterocycles. The molecule has 2 saturated heterocycles. The van der Waals surface area contributed by atoms with Gasteiger partial charge in [0.05, 0.1) is 18.7 Å². The number of benzene rings is 3. The van der Waals surface area contributed by atoms with E-state index in [0.29, 0.717) is 29.6 Å². The lowest BCUT2D eigenvalue weighted by Gasteiger charge is -2.36. The molecule has 0 aliphatic carbocycles. The van der Waals surface area contributed by atoms with E-state index in [2.05, 4.69) is 39.4 Å². The van der Waals surface area contributed by atoms with Gasteiger partial charge in [0.1, 0.15) is 17.6 Å². The second-order valence-electron chi connectivity index (χ2n) is 10.8. The van der Waals surface area contributed by atoms with E-state index >= 15 is 0 Å². The van der Waals surface area contributed by atoms with Gasteiger partial charge in [-0.15, -0.1) is 0 Å². The summed E-state index contributed by atoms with van der Waals surface area (Å²) in [5, 5.41) is 3.23. The molecule has 0 radical (unpaired) electrons. The zero-order chi connectivity index (χ0) is 30.2. The summed E-state index contributed by atoms with van der Waals surface area (Å²) in [4.78, 5) is 34.9. The van der Waals surface area contributed by atoms with Crippen molar-refractivity contribution < 1.29 is 18.7 Å². The van der Waals surface area contributed by atoms with Gasteiger partial charge < -0.3 is 19.9 Å². The van der Waals surface area contributed by atoms with E-state index < -0.39 is 11.9 Å². The lowest BCUT2D eigenvalue weighted by atomic mass is 10.1. The number of anilines is 3. The number of nitrogens with one attached hydrogen (secondary N) is 1. The van der Waals surface area contributed by atoms with Crippen molar-refractivity contribution in [1.29, 1.82) is 0 Å². The summed E-state index contributed by atoms with van der Waals surface area (Å²) in [6.07, 6.45) is 1.64. The molecule has 0 saturated carbocycles. The third kappa shape index (κ3) is 7.69. The third-order valence-electron chi connectivity index (χ3n) is 7.76. The Hall–Kier alpha value is -4.02. The molecular formula is C33H38FN5O3S. The van der Waals surface area contributed by atoms with Crippen LogP contribution in [0, 0.1) is 5.82 Å². The first-order valence-corrected chi connectivity index (χ1v) is 15.3. The van der Waals surface area contributed by atoms with E-state index in [4.69, 9.17) is 17.0 Å². The fourth-order valence-corrected chi connectivity index (χ4v) is 5.90. The predicted octanol–water partition coefficient (Wildman–Crippen LogP) is 5.16. The number of carbonyl (C=O) groups excluding carboxylic acids is 2. The molecule has 8 nitrogen and oxygen atoms in total. The minimum atomic E-state index is -0.750. The summed E-state index contributed by atoms with van der Waals surface area (Å²) in [6, 6.07) is 22.5. The highest BCUT2D eigenvalue weighted by Crippen LogP contribution is 2.28. The number of nitrogens with zero attached hydrogens (tertiary/aromatic N) is 4. The van der Waals surface area contributed by atoms with Crippen molar-refractivity contribution in [2.45, 2.75) is 32.2 Å². The van der Waals surface area contributed by atoms with Crippen LogP contribution < -0.4 is 19.9 Å². The van der Waals surface area contributed by atoms with Gasteiger partial charge in [-0.2, -0.15) is 0 Å². The highest BCUT2D eigenvalue weighted by atomic mass is 32.1. The Labute approximate surface area is 258 Å². The smallest absolute Gasteiger partial charge is 0.256 e. The van der Waals surface area contributed by atoms with Crippen molar-refractivity contribution in [3.63, 3.8) is 0 Å². The van der Waals surface area contributed by atoms with Gasteiger partial charge in [-0.25, -0.2) is 4.39 Å². The first-order chi connectivity index (χ1) is 20.9. The number of para-hydroxylation sites is 1. The quantitative estimate of drug-likeness (QED) is 0.287. The SMILES string of the molecule is CCCOc1ccc(NC(=O)C[C@H]2C(=O)N(c3ccc(F)cc3)C(=S)N2CCCN2CCN(c3ccccc3)CC2)cc1. The molecule has 1 N–H and O–H groups in total. The summed E-state index contributed by atoms with van der Waals surface area (Å²) in [5.74, 6) is -0.232. The Balaban J connectivity index is 1.21. The van der Waals surface area contributed by atoms with E-state index in [1.807, 2.05) is 30.0 Å². The van der Waals surface area contributed by atoms with Crippen LogP contribution in [0.2, 0.25) is 0 Å². The van der Waals surface area contributed by atoms with Gasteiger partial charge in [0, 0.05) is 44.1 Å². The zero-order valence-electron chi connectivity index (χ0n) is 24.5. The van der Waals surface area contributed by atoms with Gasteiger partial charge in [0.2, 0.25) is 5.91 Å². The molecule has 0 unspecified atom stereocenters. The highest BCUT2D eigenvalue weighted by Gasteiger charge is 2.44. The largest absolute Gasteiger partial charge is 0.494 e. The first kappa shape index (κ1) is 30.4. The minimum absolute atomic E-state index is 0.0551. The second-order valence-corrected chi connectivity index (χ2v) is 11.1. The van der Waals surface area contributed by atoms with Crippen LogP contribution in [0.4, 0.5) is 21.5 Å². The number of piperazine rings is 1. The van der Waals surface area contributed by atoms with Gasteiger partial charge in [0.25, 0.3) is 5.91 Å². The van der Waals surface area contributed by atoms with Crippen molar-refractivity contribution in [3.05, 3.63) is 84.7 Å². The lowest BCUT2D eigenvalue weighted by molar-refractivity contribution is -0.124. The summed E-state index contributed by atoms with van der Waals surface area (Å²) in [7, 11) is 0. The van der Waals surface area contributed by atoms with Gasteiger partial charge in [-0.3, -0.25) is 19.4 Å². The molecule has 0 aromatic heterocycles. The van der Waals surface area contributed by atoms with Crippen molar-refractivity contribution in [3.8, 4) is 5.75 Å². The van der Waals surface area contributed by atoms with Crippen LogP contribution in [0.1, 0.15) is 26.2 Å². The molecule has 2 fully saturated rings. The minimum Gasteiger partial charge on any atom is -0.494 e. The van der Waals surface area contributed by atoms with Crippen LogP contribution in [-0.2, 0) is 9.59 Å². The number of carbonyl (C=O) groups is 2. The number of halogens is 1. The van der Waals surface area contributed by atoms with Crippen LogP contribution in [0.5, 0.6) is 5.75 Å². The fourth-order valence-electron chi connectivity index (χ4n) is 5.49. The molecule has 43 heavy (non-hydrogen) atoms. The second kappa shape index (κ2) is 14.4. The Kier molecular flexibility index (Phi) is 10.2. The Morgan fingerprint density at radius 1 is 0.930 bits per heavy atom. The lowest BCUT2D eigenvalue weighted by Crippen LogP contribution is -2.47. The van der Waals surface area contributed by atoms with E-state index in [-0.39, 0.29) is 18.2 Å². The van der Waals surface area contributed by atoms with E-state index in [1.165, 1.54) is 34.9 Å². The average Bonchev–Trinajstić information content (AvgIpc) is 3.25. The Morgan fingerprint density at radius 2 is 1.63 bits per heavy atom. The molecule has 2 aliphatic rings. The molecule has 1 atom stereocenters. The molecule has 0 spiro atoms. The summed E-state index contributed by atoms with van der Waals surface area (Å²) in [5.41, 5.74) is 2.35.